The van der Waals surface area contributed by atoms with Gasteiger partial charge in [-0.3, -0.25) is 4.90 Å². The Hall–Kier alpha value is -0.450. The minimum atomic E-state index is 0.364. The molecule has 3 nitrogen and oxygen atoms in total. The summed E-state index contributed by atoms with van der Waals surface area (Å²) in [5.74, 6) is 0. The Kier molecular flexibility index (Phi) is 3.72. The van der Waals surface area contributed by atoms with Gasteiger partial charge in [-0.25, -0.2) is 4.98 Å². The Labute approximate surface area is 95.3 Å². The number of nitrogens with zero attached hydrogens (tertiary/aromatic N) is 2. The molecule has 2 N–H and O–H groups in total. The van der Waals surface area contributed by atoms with Gasteiger partial charge in [0.2, 0.25) is 0 Å². The Bertz CT molecular complexity index is 311. The first-order valence-corrected chi connectivity index (χ1v) is 6.57. The van der Waals surface area contributed by atoms with E-state index in [9.17, 15) is 0 Å². The summed E-state index contributed by atoms with van der Waals surface area (Å²) in [5, 5.41) is 3.42. The normalized spacial score (nSPS) is 23.2. The van der Waals surface area contributed by atoms with Crippen LogP contribution < -0.4 is 5.73 Å². The second kappa shape index (κ2) is 5.05. The van der Waals surface area contributed by atoms with Crippen molar-refractivity contribution in [1.82, 2.24) is 9.88 Å². The second-order valence-corrected chi connectivity index (χ2v) is 5.17. The molecule has 1 aliphatic rings. The monoisotopic (exact) mass is 225 g/mol. The fourth-order valence-electron chi connectivity index (χ4n) is 2.05. The average Bonchev–Trinajstić information content (AvgIpc) is 2.65. The van der Waals surface area contributed by atoms with Gasteiger partial charge in [0.25, 0.3) is 0 Å². The standard InChI is InChI=1S/C11H19N3S/c1-2-11-13-10(8-15-11)7-14-5-3-4-9(12)6-14/h8-9H,2-7,12H2,1H3. The summed E-state index contributed by atoms with van der Waals surface area (Å²) in [6, 6.07) is 0.364. The Balaban J connectivity index is 1.90. The summed E-state index contributed by atoms with van der Waals surface area (Å²) in [4.78, 5) is 7.00. The van der Waals surface area contributed by atoms with Crippen molar-refractivity contribution in [2.24, 2.45) is 5.73 Å². The van der Waals surface area contributed by atoms with Crippen LogP contribution in [0.15, 0.2) is 5.38 Å². The first-order chi connectivity index (χ1) is 7.28. The number of likely N-dealkylation sites (tertiary alicyclic amines) is 1. The predicted octanol–water partition coefficient (Wildman–Crippen LogP) is 1.63. The Morgan fingerprint density at radius 1 is 1.67 bits per heavy atom. The van der Waals surface area contributed by atoms with Gasteiger partial charge in [0.05, 0.1) is 10.7 Å². The van der Waals surface area contributed by atoms with Gasteiger partial charge in [-0.05, 0) is 25.8 Å². The van der Waals surface area contributed by atoms with Crippen molar-refractivity contribution < 1.29 is 0 Å². The highest BCUT2D eigenvalue weighted by Crippen LogP contribution is 2.15. The van der Waals surface area contributed by atoms with Crippen molar-refractivity contribution in [2.45, 2.75) is 38.8 Å². The third kappa shape index (κ3) is 3.00. The van der Waals surface area contributed by atoms with Gasteiger partial charge >= 0.3 is 0 Å². The molecule has 2 rings (SSSR count). The first-order valence-electron chi connectivity index (χ1n) is 5.69. The molecule has 1 fully saturated rings. The van der Waals surface area contributed by atoms with Crippen LogP contribution >= 0.6 is 11.3 Å². The van der Waals surface area contributed by atoms with Gasteiger partial charge < -0.3 is 5.73 Å². The number of piperidine rings is 1. The molecule has 0 radical (unpaired) electrons. The smallest absolute Gasteiger partial charge is 0.0926 e. The molecule has 0 saturated carbocycles. The molecular weight excluding hydrogens is 206 g/mol. The van der Waals surface area contributed by atoms with Crippen LogP contribution in [0.4, 0.5) is 0 Å². The Morgan fingerprint density at radius 3 is 3.20 bits per heavy atom. The van der Waals surface area contributed by atoms with E-state index in [1.807, 2.05) is 0 Å². The molecule has 15 heavy (non-hydrogen) atoms. The van der Waals surface area contributed by atoms with E-state index >= 15 is 0 Å². The van der Waals surface area contributed by atoms with E-state index < -0.39 is 0 Å². The molecule has 0 aromatic carbocycles. The van der Waals surface area contributed by atoms with Crippen LogP contribution in [0.2, 0.25) is 0 Å². The average molecular weight is 225 g/mol. The lowest BCUT2D eigenvalue weighted by molar-refractivity contribution is 0.199. The van der Waals surface area contributed by atoms with Gasteiger partial charge in [0, 0.05) is 24.5 Å². The van der Waals surface area contributed by atoms with Crippen LogP contribution in [0.3, 0.4) is 0 Å². The summed E-state index contributed by atoms with van der Waals surface area (Å²) in [6.45, 7) is 5.33. The van der Waals surface area contributed by atoms with Gasteiger partial charge in [-0.15, -0.1) is 11.3 Å². The highest BCUT2D eigenvalue weighted by atomic mass is 32.1. The van der Waals surface area contributed by atoms with E-state index in [0.717, 1.165) is 19.5 Å². The lowest BCUT2D eigenvalue weighted by atomic mass is 10.1. The molecule has 0 spiro atoms. The van der Waals surface area contributed by atoms with Crippen molar-refractivity contribution in [1.29, 1.82) is 0 Å². The lowest BCUT2D eigenvalue weighted by Gasteiger charge is -2.29. The van der Waals surface area contributed by atoms with Crippen molar-refractivity contribution in [2.75, 3.05) is 13.1 Å². The maximum absolute atomic E-state index is 5.95. The van der Waals surface area contributed by atoms with Crippen LogP contribution in [0.1, 0.15) is 30.5 Å². The number of nitrogens with two attached hydrogens (primary N) is 1. The van der Waals surface area contributed by atoms with Crippen molar-refractivity contribution >= 4 is 11.3 Å². The highest BCUT2D eigenvalue weighted by molar-refractivity contribution is 7.09. The topological polar surface area (TPSA) is 42.2 Å². The summed E-state index contributed by atoms with van der Waals surface area (Å²) < 4.78 is 0. The molecular formula is C11H19N3S. The first kappa shape index (κ1) is 11.0. The molecule has 1 aliphatic heterocycles. The third-order valence-corrected chi connectivity index (χ3v) is 3.87. The van der Waals surface area contributed by atoms with Crippen LogP contribution in [0, 0.1) is 0 Å². The van der Waals surface area contributed by atoms with E-state index in [0.29, 0.717) is 6.04 Å². The van der Waals surface area contributed by atoms with Gasteiger partial charge in [-0.1, -0.05) is 6.92 Å². The van der Waals surface area contributed by atoms with Crippen LogP contribution in [0.25, 0.3) is 0 Å². The molecule has 0 amide bonds. The molecule has 1 unspecified atom stereocenters. The van der Waals surface area contributed by atoms with E-state index in [1.165, 1.54) is 30.1 Å². The molecule has 4 heteroatoms. The second-order valence-electron chi connectivity index (χ2n) is 4.22. The van der Waals surface area contributed by atoms with E-state index in [-0.39, 0.29) is 0 Å². The number of aryl methyl sites for hydroxylation is 1. The number of rotatable bonds is 3. The van der Waals surface area contributed by atoms with E-state index in [2.05, 4.69) is 22.2 Å². The fraction of sp³-hybridized carbons (Fsp3) is 0.727. The summed E-state index contributed by atoms with van der Waals surface area (Å²) >= 11 is 1.77. The third-order valence-electron chi connectivity index (χ3n) is 2.83. The van der Waals surface area contributed by atoms with E-state index in [4.69, 9.17) is 5.73 Å². The van der Waals surface area contributed by atoms with Gasteiger partial charge in [0.1, 0.15) is 0 Å². The van der Waals surface area contributed by atoms with Crippen LogP contribution in [-0.2, 0) is 13.0 Å². The van der Waals surface area contributed by atoms with E-state index in [1.54, 1.807) is 11.3 Å². The molecule has 84 valence electrons. The van der Waals surface area contributed by atoms with Crippen LogP contribution in [0.5, 0.6) is 0 Å². The molecule has 0 aliphatic carbocycles. The molecule has 1 saturated heterocycles. The van der Waals surface area contributed by atoms with Crippen LogP contribution in [-0.4, -0.2) is 29.0 Å². The molecule has 2 heterocycles. The fourth-order valence-corrected chi connectivity index (χ4v) is 2.78. The maximum Gasteiger partial charge on any atom is 0.0926 e. The number of aromatic nitrogens is 1. The Morgan fingerprint density at radius 2 is 2.53 bits per heavy atom. The number of hydrogen-bond donors (Lipinski definition) is 1. The molecule has 1 aromatic heterocycles. The quantitative estimate of drug-likeness (QED) is 0.850. The largest absolute Gasteiger partial charge is 0.327 e. The van der Waals surface area contributed by atoms with Gasteiger partial charge in [-0.2, -0.15) is 0 Å². The van der Waals surface area contributed by atoms with Gasteiger partial charge in [0.15, 0.2) is 0 Å². The maximum atomic E-state index is 5.95. The lowest BCUT2D eigenvalue weighted by Crippen LogP contribution is -2.42. The minimum Gasteiger partial charge on any atom is -0.327 e. The zero-order valence-corrected chi connectivity index (χ0v) is 10.1. The van der Waals surface area contributed by atoms with Crippen molar-refractivity contribution in [3.8, 4) is 0 Å². The summed E-state index contributed by atoms with van der Waals surface area (Å²) in [7, 11) is 0. The highest BCUT2D eigenvalue weighted by Gasteiger charge is 2.17. The zero-order valence-electron chi connectivity index (χ0n) is 9.28. The molecule has 0 bridgehead atoms. The number of hydrogen-bond acceptors (Lipinski definition) is 4. The predicted molar refractivity (Wildman–Crippen MR) is 64.0 cm³/mol. The number of thiazole rings is 1. The zero-order chi connectivity index (χ0) is 10.7. The molecule has 1 aromatic rings. The minimum absolute atomic E-state index is 0.364. The van der Waals surface area contributed by atoms with Crippen molar-refractivity contribution in [3.63, 3.8) is 0 Å². The summed E-state index contributed by atoms with van der Waals surface area (Å²) in [6.07, 6.45) is 3.45. The van der Waals surface area contributed by atoms with Crippen molar-refractivity contribution in [3.05, 3.63) is 16.1 Å². The SMILES string of the molecule is CCc1nc(CN2CCCC(N)C2)cs1. The molecule has 1 atom stereocenters. The summed E-state index contributed by atoms with van der Waals surface area (Å²) in [5.41, 5.74) is 7.16.